The van der Waals surface area contributed by atoms with Crippen LogP contribution in [0.5, 0.6) is 0 Å². The summed E-state index contributed by atoms with van der Waals surface area (Å²) >= 11 is 10.7. The number of hydrogen-bond acceptors (Lipinski definition) is 3. The maximum atomic E-state index is 10.5. The van der Waals surface area contributed by atoms with Crippen molar-refractivity contribution in [2.45, 2.75) is 31.1 Å². The predicted octanol–water partition coefficient (Wildman–Crippen LogP) is 2.49. The van der Waals surface area contributed by atoms with Crippen molar-refractivity contribution in [3.05, 3.63) is 0 Å². The highest BCUT2D eigenvalue weighted by Gasteiger charge is 2.11. The van der Waals surface area contributed by atoms with Crippen molar-refractivity contribution in [2.75, 3.05) is 5.75 Å². The SMILES string of the molecule is O=C(Cl)C(Cl)CCCCCS(=O)(=O)Cl. The average Bonchev–Trinajstić information content (AvgIpc) is 2.01. The molecule has 0 rings (SSSR count). The molecule has 0 aromatic rings. The third kappa shape index (κ3) is 9.06. The maximum absolute atomic E-state index is 10.5. The standard InChI is InChI=1S/C7H11Cl3O3S/c8-6(7(9)11)4-2-1-3-5-14(10,12)13/h6H,1-5H2. The van der Waals surface area contributed by atoms with E-state index in [2.05, 4.69) is 0 Å². The molecule has 0 amide bonds. The van der Waals surface area contributed by atoms with E-state index in [1.54, 1.807) is 0 Å². The quantitative estimate of drug-likeness (QED) is 0.409. The van der Waals surface area contributed by atoms with Crippen LogP contribution in [0.2, 0.25) is 0 Å². The van der Waals surface area contributed by atoms with E-state index in [-0.39, 0.29) is 5.75 Å². The lowest BCUT2D eigenvalue weighted by Crippen LogP contribution is -2.07. The smallest absolute Gasteiger partial charge is 0.239 e. The fourth-order valence-electron chi connectivity index (χ4n) is 0.888. The van der Waals surface area contributed by atoms with Crippen molar-refractivity contribution in [3.8, 4) is 0 Å². The molecular weight excluding hydrogens is 270 g/mol. The third-order valence-corrected chi connectivity index (χ3v) is 3.62. The highest BCUT2D eigenvalue weighted by Crippen LogP contribution is 2.12. The number of halogens is 3. The lowest BCUT2D eigenvalue weighted by molar-refractivity contribution is -0.111. The lowest BCUT2D eigenvalue weighted by Gasteiger charge is -2.02. The number of carbonyl (C=O) groups is 1. The van der Waals surface area contributed by atoms with Gasteiger partial charge < -0.3 is 0 Å². The van der Waals surface area contributed by atoms with Gasteiger partial charge in [0.1, 0.15) is 5.38 Å². The van der Waals surface area contributed by atoms with E-state index in [0.29, 0.717) is 25.7 Å². The van der Waals surface area contributed by atoms with Crippen LogP contribution in [0.1, 0.15) is 25.7 Å². The maximum Gasteiger partial charge on any atom is 0.239 e. The molecule has 0 aromatic carbocycles. The molecule has 7 heteroatoms. The van der Waals surface area contributed by atoms with Crippen LogP contribution >= 0.6 is 33.9 Å². The van der Waals surface area contributed by atoms with Crippen LogP contribution in [-0.4, -0.2) is 24.8 Å². The van der Waals surface area contributed by atoms with Crippen LogP contribution in [0.3, 0.4) is 0 Å². The molecule has 14 heavy (non-hydrogen) atoms. The summed E-state index contributed by atoms with van der Waals surface area (Å²) < 4.78 is 21.0. The molecule has 0 saturated carbocycles. The highest BCUT2D eigenvalue weighted by atomic mass is 35.7. The molecule has 0 fully saturated rings. The van der Waals surface area contributed by atoms with Gasteiger partial charge in [0, 0.05) is 10.7 Å². The van der Waals surface area contributed by atoms with Gasteiger partial charge in [-0.15, -0.1) is 11.6 Å². The third-order valence-electron chi connectivity index (χ3n) is 1.59. The molecule has 3 nitrogen and oxygen atoms in total. The average molecular weight is 282 g/mol. The number of carbonyl (C=O) groups excluding carboxylic acids is 1. The van der Waals surface area contributed by atoms with E-state index >= 15 is 0 Å². The first-order valence-corrected chi connectivity index (χ1v) is 7.38. The number of rotatable bonds is 7. The van der Waals surface area contributed by atoms with E-state index in [1.165, 1.54) is 0 Å². The van der Waals surface area contributed by atoms with Crippen molar-refractivity contribution < 1.29 is 13.2 Å². The van der Waals surface area contributed by atoms with Gasteiger partial charge in [-0.2, -0.15) is 0 Å². The van der Waals surface area contributed by atoms with Crippen LogP contribution in [0.25, 0.3) is 0 Å². The van der Waals surface area contributed by atoms with Crippen LogP contribution in [0.15, 0.2) is 0 Å². The Hall–Kier alpha value is 0.490. The summed E-state index contributed by atoms with van der Waals surface area (Å²) in [5.74, 6) is -0.0453. The van der Waals surface area contributed by atoms with E-state index in [0.717, 1.165) is 0 Å². The largest absolute Gasteiger partial charge is 0.280 e. The lowest BCUT2D eigenvalue weighted by atomic mass is 10.2. The molecule has 1 atom stereocenters. The molecule has 0 spiro atoms. The first kappa shape index (κ1) is 14.5. The molecule has 0 aliphatic rings. The van der Waals surface area contributed by atoms with Gasteiger partial charge in [-0.3, -0.25) is 4.79 Å². The number of hydrogen-bond donors (Lipinski definition) is 0. The van der Waals surface area contributed by atoms with Gasteiger partial charge in [-0.25, -0.2) is 8.42 Å². The fraction of sp³-hybridized carbons (Fsp3) is 0.857. The Labute approximate surface area is 98.1 Å². The van der Waals surface area contributed by atoms with Gasteiger partial charge in [-0.05, 0) is 24.4 Å². The molecule has 0 radical (unpaired) electrons. The first-order chi connectivity index (χ1) is 6.33. The molecule has 0 heterocycles. The minimum atomic E-state index is -3.39. The van der Waals surface area contributed by atoms with E-state index in [1.807, 2.05) is 0 Å². The zero-order chi connectivity index (χ0) is 11.2. The van der Waals surface area contributed by atoms with Crippen LogP contribution in [-0.2, 0) is 13.8 Å². The highest BCUT2D eigenvalue weighted by molar-refractivity contribution is 8.13. The van der Waals surface area contributed by atoms with Gasteiger partial charge in [0.2, 0.25) is 14.3 Å². The molecule has 0 aliphatic carbocycles. The van der Waals surface area contributed by atoms with Gasteiger partial charge in [0.25, 0.3) is 0 Å². The van der Waals surface area contributed by atoms with Gasteiger partial charge in [0.05, 0.1) is 5.75 Å². The molecule has 0 aromatic heterocycles. The first-order valence-electron chi connectivity index (χ1n) is 4.08. The topological polar surface area (TPSA) is 51.2 Å². The molecule has 0 aliphatic heterocycles. The minimum absolute atomic E-state index is 0.0453. The van der Waals surface area contributed by atoms with Crippen LogP contribution in [0.4, 0.5) is 0 Å². The minimum Gasteiger partial charge on any atom is -0.280 e. The Morgan fingerprint density at radius 2 is 1.79 bits per heavy atom. The Balaban J connectivity index is 3.44. The summed E-state index contributed by atoms with van der Waals surface area (Å²) in [4.78, 5) is 10.5. The zero-order valence-corrected chi connectivity index (χ0v) is 10.5. The van der Waals surface area contributed by atoms with Gasteiger partial charge in [-0.1, -0.05) is 12.8 Å². The van der Waals surface area contributed by atoms with Crippen molar-refractivity contribution in [1.82, 2.24) is 0 Å². The van der Waals surface area contributed by atoms with Crippen molar-refractivity contribution >= 4 is 48.2 Å². The molecule has 1 unspecified atom stereocenters. The van der Waals surface area contributed by atoms with E-state index < -0.39 is 19.7 Å². The normalized spacial score (nSPS) is 13.9. The number of alkyl halides is 1. The second kappa shape index (κ2) is 6.88. The summed E-state index contributed by atoms with van der Waals surface area (Å²) in [6.45, 7) is 0. The summed E-state index contributed by atoms with van der Waals surface area (Å²) in [6.07, 6.45) is 2.27. The number of unbranched alkanes of at least 4 members (excludes halogenated alkanes) is 2. The second-order valence-corrected chi connectivity index (χ2v) is 6.66. The Morgan fingerprint density at radius 1 is 1.21 bits per heavy atom. The Morgan fingerprint density at radius 3 is 2.21 bits per heavy atom. The van der Waals surface area contributed by atoms with Crippen LogP contribution in [0, 0.1) is 0 Å². The zero-order valence-electron chi connectivity index (χ0n) is 7.38. The Bertz CT molecular complexity index is 276. The molecule has 0 saturated heterocycles. The monoisotopic (exact) mass is 280 g/mol. The van der Waals surface area contributed by atoms with Crippen molar-refractivity contribution in [2.24, 2.45) is 0 Å². The van der Waals surface area contributed by atoms with E-state index in [4.69, 9.17) is 33.9 Å². The molecule has 84 valence electrons. The van der Waals surface area contributed by atoms with Crippen molar-refractivity contribution in [3.63, 3.8) is 0 Å². The predicted molar refractivity (Wildman–Crippen MR) is 58.6 cm³/mol. The molecular formula is C7H11Cl3O3S. The second-order valence-electron chi connectivity index (χ2n) is 2.86. The van der Waals surface area contributed by atoms with Crippen LogP contribution < -0.4 is 0 Å². The summed E-state index contributed by atoms with van der Waals surface area (Å²) in [5, 5.41) is -1.25. The summed E-state index contributed by atoms with van der Waals surface area (Å²) in [6, 6.07) is 0. The van der Waals surface area contributed by atoms with Crippen molar-refractivity contribution in [1.29, 1.82) is 0 Å². The fourth-order valence-corrected chi connectivity index (χ4v) is 2.03. The Kier molecular flexibility index (Phi) is 7.12. The summed E-state index contributed by atoms with van der Waals surface area (Å²) in [7, 11) is 1.60. The molecule has 0 bridgehead atoms. The summed E-state index contributed by atoms with van der Waals surface area (Å²) in [5.41, 5.74) is 0. The van der Waals surface area contributed by atoms with Gasteiger partial charge in [0.15, 0.2) is 0 Å². The van der Waals surface area contributed by atoms with E-state index in [9.17, 15) is 13.2 Å². The molecule has 0 N–H and O–H groups in total. The van der Waals surface area contributed by atoms with Gasteiger partial charge >= 0.3 is 0 Å².